The molecule has 1 rings (SSSR count). The minimum Gasteiger partial charge on any atom is -0.381 e. The Bertz CT molecular complexity index is 431. The van der Waals surface area contributed by atoms with E-state index in [1.807, 2.05) is 13.8 Å². The molecule has 0 atom stereocenters. The molecule has 0 aromatic carbocycles. The van der Waals surface area contributed by atoms with E-state index in [1.54, 1.807) is 18.4 Å². The van der Waals surface area contributed by atoms with Gasteiger partial charge in [0.2, 0.25) is 0 Å². The third-order valence-electron chi connectivity index (χ3n) is 3.04. The Hall–Kier alpha value is -1.14. The van der Waals surface area contributed by atoms with Gasteiger partial charge in [-0.25, -0.2) is 4.98 Å². The van der Waals surface area contributed by atoms with Crippen molar-refractivity contribution in [2.45, 2.75) is 46.6 Å². The first-order valence-electron chi connectivity index (χ1n) is 7.62. The lowest BCUT2D eigenvalue weighted by Crippen LogP contribution is -2.37. The average molecular weight is 312 g/mol. The molecule has 0 aliphatic rings. The van der Waals surface area contributed by atoms with Crippen LogP contribution < -0.4 is 10.6 Å². The SMILES string of the molecule is CCCCOCCCNC(=NC)NCc1sc(C)nc1C. The fraction of sp³-hybridized carbons (Fsp3) is 0.733. The maximum absolute atomic E-state index is 5.53. The van der Waals surface area contributed by atoms with Crippen molar-refractivity contribution in [3.05, 3.63) is 15.6 Å². The second-order valence-electron chi connectivity index (χ2n) is 4.91. The minimum atomic E-state index is 0.768. The molecule has 0 saturated heterocycles. The van der Waals surface area contributed by atoms with E-state index >= 15 is 0 Å². The van der Waals surface area contributed by atoms with Crippen molar-refractivity contribution in [2.24, 2.45) is 4.99 Å². The maximum Gasteiger partial charge on any atom is 0.191 e. The predicted octanol–water partition coefficient (Wildman–Crippen LogP) is 2.63. The molecule has 0 amide bonds. The number of guanidine groups is 1. The first-order valence-corrected chi connectivity index (χ1v) is 8.44. The summed E-state index contributed by atoms with van der Waals surface area (Å²) in [5, 5.41) is 7.73. The van der Waals surface area contributed by atoms with Gasteiger partial charge >= 0.3 is 0 Å². The number of unbranched alkanes of at least 4 members (excludes halogenated alkanes) is 1. The summed E-state index contributed by atoms with van der Waals surface area (Å²) in [6.07, 6.45) is 3.32. The summed E-state index contributed by atoms with van der Waals surface area (Å²) in [6, 6.07) is 0. The lowest BCUT2D eigenvalue weighted by molar-refractivity contribution is 0.129. The lowest BCUT2D eigenvalue weighted by Gasteiger charge is -2.11. The molecule has 120 valence electrons. The Morgan fingerprint density at radius 3 is 2.62 bits per heavy atom. The third kappa shape index (κ3) is 7.43. The van der Waals surface area contributed by atoms with Gasteiger partial charge in [0.05, 0.1) is 17.2 Å². The first kappa shape index (κ1) is 17.9. The molecule has 6 heteroatoms. The lowest BCUT2D eigenvalue weighted by atomic mass is 10.3. The summed E-state index contributed by atoms with van der Waals surface area (Å²) in [5.41, 5.74) is 1.10. The van der Waals surface area contributed by atoms with E-state index in [1.165, 1.54) is 11.3 Å². The van der Waals surface area contributed by atoms with Gasteiger partial charge in [-0.1, -0.05) is 13.3 Å². The zero-order chi connectivity index (χ0) is 15.5. The van der Waals surface area contributed by atoms with E-state index in [9.17, 15) is 0 Å². The highest BCUT2D eigenvalue weighted by Gasteiger charge is 2.05. The van der Waals surface area contributed by atoms with Crippen LogP contribution in [0.5, 0.6) is 0 Å². The highest BCUT2D eigenvalue weighted by Crippen LogP contribution is 2.16. The molecule has 0 saturated carbocycles. The number of nitrogens with zero attached hydrogens (tertiary/aromatic N) is 2. The van der Waals surface area contributed by atoms with Crippen molar-refractivity contribution < 1.29 is 4.74 Å². The largest absolute Gasteiger partial charge is 0.381 e. The summed E-state index contributed by atoms with van der Waals surface area (Å²) in [6.45, 7) is 9.56. The van der Waals surface area contributed by atoms with Crippen LogP contribution in [0, 0.1) is 13.8 Å². The van der Waals surface area contributed by atoms with Crippen LogP contribution in [0.4, 0.5) is 0 Å². The topological polar surface area (TPSA) is 58.5 Å². The fourth-order valence-corrected chi connectivity index (χ4v) is 2.73. The van der Waals surface area contributed by atoms with Crippen molar-refractivity contribution in [3.8, 4) is 0 Å². The van der Waals surface area contributed by atoms with Gasteiger partial charge in [-0.3, -0.25) is 4.99 Å². The van der Waals surface area contributed by atoms with Gasteiger partial charge in [0.1, 0.15) is 0 Å². The molecule has 0 unspecified atom stereocenters. The molecule has 21 heavy (non-hydrogen) atoms. The quantitative estimate of drug-likeness (QED) is 0.418. The number of ether oxygens (including phenoxy) is 1. The minimum absolute atomic E-state index is 0.768. The van der Waals surface area contributed by atoms with E-state index in [4.69, 9.17) is 4.74 Å². The van der Waals surface area contributed by atoms with Crippen LogP contribution in [0.15, 0.2) is 4.99 Å². The summed E-state index contributed by atoms with van der Waals surface area (Å²) >= 11 is 1.73. The van der Waals surface area contributed by atoms with Crippen molar-refractivity contribution in [1.82, 2.24) is 15.6 Å². The molecule has 0 spiro atoms. The number of hydrogen-bond donors (Lipinski definition) is 2. The Balaban J connectivity index is 2.16. The Labute approximate surface area is 132 Å². The van der Waals surface area contributed by atoms with E-state index in [0.717, 1.165) is 55.8 Å². The van der Waals surface area contributed by atoms with Crippen molar-refractivity contribution in [3.63, 3.8) is 0 Å². The van der Waals surface area contributed by atoms with Gasteiger partial charge in [-0.15, -0.1) is 11.3 Å². The van der Waals surface area contributed by atoms with E-state index in [0.29, 0.717) is 0 Å². The van der Waals surface area contributed by atoms with Gasteiger partial charge in [-0.05, 0) is 26.7 Å². The molecule has 1 heterocycles. The molecule has 1 aromatic rings. The number of hydrogen-bond acceptors (Lipinski definition) is 4. The summed E-state index contributed by atoms with van der Waals surface area (Å²) in [4.78, 5) is 9.91. The average Bonchev–Trinajstić information content (AvgIpc) is 2.79. The zero-order valence-corrected chi connectivity index (χ0v) is 14.5. The number of thiazole rings is 1. The second kappa shape index (κ2) is 10.6. The first-order chi connectivity index (χ1) is 10.2. The van der Waals surface area contributed by atoms with Crippen LogP contribution in [0.3, 0.4) is 0 Å². The van der Waals surface area contributed by atoms with Gasteiger partial charge in [-0.2, -0.15) is 0 Å². The summed E-state index contributed by atoms with van der Waals surface area (Å²) in [7, 11) is 1.79. The monoisotopic (exact) mass is 312 g/mol. The molecular weight excluding hydrogens is 284 g/mol. The number of aliphatic imine (C=N–C) groups is 1. The highest BCUT2D eigenvalue weighted by atomic mass is 32.1. The summed E-state index contributed by atoms with van der Waals surface area (Å²) in [5.74, 6) is 0.828. The number of rotatable bonds is 9. The summed E-state index contributed by atoms with van der Waals surface area (Å²) < 4.78 is 5.53. The Kier molecular flexibility index (Phi) is 9.01. The van der Waals surface area contributed by atoms with Crippen LogP contribution in [0.2, 0.25) is 0 Å². The van der Waals surface area contributed by atoms with E-state index in [-0.39, 0.29) is 0 Å². The molecular formula is C15H28N4OS. The molecule has 2 N–H and O–H groups in total. The van der Waals surface area contributed by atoms with Crippen molar-refractivity contribution in [2.75, 3.05) is 26.8 Å². The normalized spacial score (nSPS) is 11.7. The van der Waals surface area contributed by atoms with Crippen molar-refractivity contribution in [1.29, 1.82) is 0 Å². The maximum atomic E-state index is 5.53. The van der Waals surface area contributed by atoms with Gasteiger partial charge in [0, 0.05) is 31.7 Å². The smallest absolute Gasteiger partial charge is 0.191 e. The Morgan fingerprint density at radius 2 is 2.00 bits per heavy atom. The number of aromatic nitrogens is 1. The molecule has 5 nitrogen and oxygen atoms in total. The van der Waals surface area contributed by atoms with E-state index < -0.39 is 0 Å². The molecule has 0 radical (unpaired) electrons. The van der Waals surface area contributed by atoms with Gasteiger partial charge < -0.3 is 15.4 Å². The van der Waals surface area contributed by atoms with Gasteiger partial charge in [0.25, 0.3) is 0 Å². The second-order valence-corrected chi connectivity index (χ2v) is 6.20. The number of aryl methyl sites for hydroxylation is 2. The van der Waals surface area contributed by atoms with Crippen LogP contribution in [0.1, 0.15) is 41.8 Å². The molecule has 0 aliphatic carbocycles. The van der Waals surface area contributed by atoms with Crippen LogP contribution in [-0.4, -0.2) is 37.7 Å². The molecule has 0 aliphatic heterocycles. The standard InChI is InChI=1S/C15H28N4OS/c1-5-6-9-20-10-7-8-17-15(16-4)18-11-14-12(2)19-13(3)21-14/h5-11H2,1-4H3,(H2,16,17,18). The predicted molar refractivity (Wildman–Crippen MR) is 90.1 cm³/mol. The molecule has 1 aromatic heterocycles. The van der Waals surface area contributed by atoms with Crippen molar-refractivity contribution >= 4 is 17.3 Å². The third-order valence-corrected chi connectivity index (χ3v) is 4.11. The van der Waals surface area contributed by atoms with Crippen LogP contribution in [-0.2, 0) is 11.3 Å². The molecule has 0 bridgehead atoms. The number of nitrogens with one attached hydrogen (secondary N) is 2. The Morgan fingerprint density at radius 1 is 1.24 bits per heavy atom. The zero-order valence-electron chi connectivity index (χ0n) is 13.7. The molecule has 0 fully saturated rings. The highest BCUT2D eigenvalue weighted by molar-refractivity contribution is 7.11. The fourth-order valence-electron chi connectivity index (χ4n) is 1.85. The van der Waals surface area contributed by atoms with Crippen LogP contribution >= 0.6 is 11.3 Å². The van der Waals surface area contributed by atoms with Gasteiger partial charge in [0.15, 0.2) is 5.96 Å². The van der Waals surface area contributed by atoms with E-state index in [2.05, 4.69) is 27.5 Å². The van der Waals surface area contributed by atoms with Crippen LogP contribution in [0.25, 0.3) is 0 Å².